The first-order valence-corrected chi connectivity index (χ1v) is 4.13. The molecule has 0 unspecified atom stereocenters. The minimum Gasteiger partial charge on any atom is -1.00 e. The lowest BCUT2D eigenvalue weighted by Gasteiger charge is -1.91. The monoisotopic (exact) mass is 302 g/mol. The maximum Gasteiger partial charge on any atom is 0.244 e. The van der Waals surface area contributed by atoms with Crippen molar-refractivity contribution < 1.29 is 33.3 Å². The number of aldehydes is 1. The summed E-state index contributed by atoms with van der Waals surface area (Å²) in [5.74, 6) is 0. The SMILES string of the molecule is Cn1c[n+](C)c2cccc(C=O)c21.[I-]. The Bertz CT molecular complexity index is 476. The molecule has 3 nitrogen and oxygen atoms in total. The van der Waals surface area contributed by atoms with E-state index in [1.54, 1.807) is 0 Å². The van der Waals surface area contributed by atoms with E-state index in [1.807, 2.05) is 47.8 Å². The van der Waals surface area contributed by atoms with Crippen molar-refractivity contribution in [1.29, 1.82) is 0 Å². The minimum absolute atomic E-state index is 0. The van der Waals surface area contributed by atoms with Gasteiger partial charge in [-0.05, 0) is 12.1 Å². The molecular formula is C10H11IN2O. The molecular weight excluding hydrogens is 291 g/mol. The topological polar surface area (TPSA) is 25.9 Å². The van der Waals surface area contributed by atoms with Crippen molar-refractivity contribution >= 4 is 17.3 Å². The Labute approximate surface area is 99.4 Å². The molecule has 0 fully saturated rings. The Morgan fingerprint density at radius 2 is 2.14 bits per heavy atom. The van der Waals surface area contributed by atoms with Crippen LogP contribution in [-0.4, -0.2) is 10.9 Å². The molecule has 2 rings (SSSR count). The zero-order valence-corrected chi connectivity index (χ0v) is 10.2. The van der Waals surface area contributed by atoms with Gasteiger partial charge in [-0.3, -0.25) is 4.79 Å². The van der Waals surface area contributed by atoms with Crippen molar-refractivity contribution in [3.63, 3.8) is 0 Å². The van der Waals surface area contributed by atoms with E-state index >= 15 is 0 Å². The van der Waals surface area contributed by atoms with Gasteiger partial charge in [-0.2, -0.15) is 0 Å². The fourth-order valence-electron chi connectivity index (χ4n) is 1.69. The van der Waals surface area contributed by atoms with Crippen LogP contribution in [0.5, 0.6) is 0 Å². The molecule has 0 amide bonds. The van der Waals surface area contributed by atoms with E-state index in [4.69, 9.17) is 0 Å². The summed E-state index contributed by atoms with van der Waals surface area (Å²) in [7, 11) is 3.91. The van der Waals surface area contributed by atoms with Gasteiger partial charge in [0.15, 0.2) is 17.3 Å². The molecule has 1 aromatic heterocycles. The van der Waals surface area contributed by atoms with Crippen molar-refractivity contribution in [3.05, 3.63) is 30.1 Å². The van der Waals surface area contributed by atoms with Gasteiger partial charge in [0.1, 0.15) is 0 Å². The van der Waals surface area contributed by atoms with Gasteiger partial charge in [0.25, 0.3) is 0 Å². The lowest BCUT2D eigenvalue weighted by molar-refractivity contribution is -0.645. The quantitative estimate of drug-likeness (QED) is 0.334. The average molecular weight is 302 g/mol. The van der Waals surface area contributed by atoms with E-state index in [1.165, 1.54) is 0 Å². The van der Waals surface area contributed by atoms with Gasteiger partial charge in [-0.25, -0.2) is 9.13 Å². The molecule has 0 atom stereocenters. The molecule has 0 aliphatic heterocycles. The molecule has 0 saturated carbocycles. The molecule has 0 bridgehead atoms. The van der Waals surface area contributed by atoms with Crippen molar-refractivity contribution in [2.45, 2.75) is 0 Å². The van der Waals surface area contributed by atoms with Crippen molar-refractivity contribution in [2.24, 2.45) is 14.1 Å². The number of rotatable bonds is 1. The molecule has 0 aliphatic rings. The molecule has 0 aliphatic carbocycles. The van der Waals surface area contributed by atoms with E-state index in [2.05, 4.69) is 0 Å². The van der Waals surface area contributed by atoms with E-state index in [9.17, 15) is 4.79 Å². The van der Waals surface area contributed by atoms with E-state index in [-0.39, 0.29) is 24.0 Å². The highest BCUT2D eigenvalue weighted by Crippen LogP contribution is 2.13. The molecule has 0 radical (unpaired) electrons. The van der Waals surface area contributed by atoms with Crippen LogP contribution in [0.4, 0.5) is 0 Å². The predicted octanol–water partition coefficient (Wildman–Crippen LogP) is -2.18. The summed E-state index contributed by atoms with van der Waals surface area (Å²) in [5, 5.41) is 0. The summed E-state index contributed by atoms with van der Waals surface area (Å²) < 4.78 is 3.96. The van der Waals surface area contributed by atoms with Crippen LogP contribution in [0.2, 0.25) is 0 Å². The predicted molar refractivity (Wildman–Crippen MR) is 49.5 cm³/mol. The van der Waals surface area contributed by atoms with Gasteiger partial charge >= 0.3 is 0 Å². The number of carbonyl (C=O) groups excluding carboxylic acids is 1. The van der Waals surface area contributed by atoms with Gasteiger partial charge in [0, 0.05) is 0 Å². The van der Waals surface area contributed by atoms with E-state index in [0.29, 0.717) is 0 Å². The molecule has 4 heteroatoms. The first-order valence-electron chi connectivity index (χ1n) is 4.13. The fourth-order valence-corrected chi connectivity index (χ4v) is 1.69. The smallest absolute Gasteiger partial charge is 0.244 e. The van der Waals surface area contributed by atoms with Crippen LogP contribution >= 0.6 is 0 Å². The van der Waals surface area contributed by atoms with Gasteiger partial charge < -0.3 is 24.0 Å². The summed E-state index contributed by atoms with van der Waals surface area (Å²) in [5.41, 5.74) is 2.80. The van der Waals surface area contributed by atoms with E-state index in [0.717, 1.165) is 22.9 Å². The highest BCUT2D eigenvalue weighted by molar-refractivity contribution is 5.93. The van der Waals surface area contributed by atoms with Gasteiger partial charge in [-0.1, -0.05) is 6.07 Å². The Hall–Kier alpha value is -0.910. The average Bonchev–Trinajstić information content (AvgIpc) is 2.43. The summed E-state index contributed by atoms with van der Waals surface area (Å²) in [6, 6.07) is 5.73. The third-order valence-corrected chi connectivity index (χ3v) is 2.25. The summed E-state index contributed by atoms with van der Waals surface area (Å²) in [4.78, 5) is 10.8. The number of para-hydroxylation sites is 1. The lowest BCUT2D eigenvalue weighted by atomic mass is 10.2. The van der Waals surface area contributed by atoms with Crippen molar-refractivity contribution in [2.75, 3.05) is 0 Å². The fraction of sp³-hybridized carbons (Fsp3) is 0.200. The number of carbonyl (C=O) groups is 1. The number of hydrogen-bond donors (Lipinski definition) is 0. The first kappa shape index (κ1) is 11.2. The number of halogens is 1. The van der Waals surface area contributed by atoms with Crippen molar-refractivity contribution in [1.82, 2.24) is 4.57 Å². The third-order valence-electron chi connectivity index (χ3n) is 2.25. The highest BCUT2D eigenvalue weighted by atomic mass is 127. The molecule has 14 heavy (non-hydrogen) atoms. The van der Waals surface area contributed by atoms with Crippen LogP contribution in [0.15, 0.2) is 24.5 Å². The number of imidazole rings is 1. The third kappa shape index (κ3) is 1.54. The van der Waals surface area contributed by atoms with Crippen LogP contribution in [0.3, 0.4) is 0 Å². The number of aryl methyl sites for hydroxylation is 2. The highest BCUT2D eigenvalue weighted by Gasteiger charge is 2.13. The first-order chi connectivity index (χ1) is 6.24. The summed E-state index contributed by atoms with van der Waals surface area (Å²) in [6.45, 7) is 0. The number of benzene rings is 1. The Kier molecular flexibility index (Phi) is 3.25. The molecule has 0 spiro atoms. The second-order valence-electron chi connectivity index (χ2n) is 3.17. The minimum atomic E-state index is 0. The number of nitrogens with zero attached hydrogens (tertiary/aromatic N) is 2. The lowest BCUT2D eigenvalue weighted by Crippen LogP contribution is -3.00. The summed E-state index contributed by atoms with van der Waals surface area (Å²) >= 11 is 0. The zero-order chi connectivity index (χ0) is 9.42. The van der Waals surface area contributed by atoms with Gasteiger partial charge in [-0.15, -0.1) is 0 Å². The van der Waals surface area contributed by atoms with E-state index < -0.39 is 0 Å². The molecule has 1 heterocycles. The van der Waals surface area contributed by atoms with Crippen LogP contribution in [0.25, 0.3) is 11.0 Å². The Morgan fingerprint density at radius 1 is 1.43 bits per heavy atom. The molecule has 1 aromatic carbocycles. The van der Waals surface area contributed by atoms with Crippen LogP contribution in [-0.2, 0) is 14.1 Å². The van der Waals surface area contributed by atoms with Crippen LogP contribution in [0.1, 0.15) is 10.4 Å². The second kappa shape index (κ2) is 4.08. The van der Waals surface area contributed by atoms with Crippen LogP contribution < -0.4 is 28.5 Å². The largest absolute Gasteiger partial charge is 1.00 e. The van der Waals surface area contributed by atoms with Crippen molar-refractivity contribution in [3.8, 4) is 0 Å². The molecule has 0 saturated heterocycles. The normalized spacial score (nSPS) is 9.86. The van der Waals surface area contributed by atoms with Gasteiger partial charge in [0.2, 0.25) is 6.33 Å². The Morgan fingerprint density at radius 3 is 2.79 bits per heavy atom. The number of aromatic nitrogens is 2. The molecule has 74 valence electrons. The van der Waals surface area contributed by atoms with Crippen LogP contribution in [0, 0.1) is 0 Å². The maximum atomic E-state index is 10.8. The number of fused-ring (bicyclic) bond motifs is 1. The maximum absolute atomic E-state index is 10.8. The Balaban J connectivity index is 0.000000980. The molecule has 0 N–H and O–H groups in total. The number of hydrogen-bond acceptors (Lipinski definition) is 1. The molecule has 2 aromatic rings. The zero-order valence-electron chi connectivity index (χ0n) is 8.07. The standard InChI is InChI=1S/C10H11N2O.HI/c1-11-7-12(2)10-8(6-13)4-3-5-9(10)11;/h3-7H,1-2H3;1H/q+1;/p-1. The second-order valence-corrected chi connectivity index (χ2v) is 3.17. The summed E-state index contributed by atoms with van der Waals surface area (Å²) in [6.07, 6.45) is 2.85. The van der Waals surface area contributed by atoms with Gasteiger partial charge in [0.05, 0.1) is 19.7 Å².